The molecule has 1 atom stereocenters. The van der Waals surface area contributed by atoms with Gasteiger partial charge in [-0.25, -0.2) is 0 Å². The molecule has 0 bridgehead atoms. The Balaban J connectivity index is 2.00. The van der Waals surface area contributed by atoms with Gasteiger partial charge < -0.3 is 15.4 Å². The molecule has 154 valence electrons. The number of carbonyl (C=O) groups excluding carboxylic acids is 2. The number of nitriles is 1. The van der Waals surface area contributed by atoms with Crippen LogP contribution in [0, 0.1) is 18.3 Å². The molecule has 0 saturated carbocycles. The minimum absolute atomic E-state index is 0.0686. The van der Waals surface area contributed by atoms with E-state index in [4.69, 9.17) is 4.74 Å². The van der Waals surface area contributed by atoms with Crippen LogP contribution in [0.1, 0.15) is 23.3 Å². The highest BCUT2D eigenvalue weighted by molar-refractivity contribution is 8.03. The first-order chi connectivity index (χ1) is 14.5. The second-order valence-electron chi connectivity index (χ2n) is 6.60. The molecule has 0 aliphatic carbocycles. The van der Waals surface area contributed by atoms with Gasteiger partial charge in [0.2, 0.25) is 0 Å². The summed E-state index contributed by atoms with van der Waals surface area (Å²) in [6, 6.07) is 13.6. The van der Waals surface area contributed by atoms with E-state index in [0.717, 1.165) is 16.1 Å². The summed E-state index contributed by atoms with van der Waals surface area (Å²) >= 11 is 2.68. The van der Waals surface area contributed by atoms with Gasteiger partial charge in [0.25, 0.3) is 5.91 Å². The maximum Gasteiger partial charge on any atom is 0.316 e. The Bertz CT molecular complexity index is 1070. The SMILES string of the molecule is COC(=O)CSC1=C(C#N)C(c2cccs2)C(C(=O)Nc2ccccc2C)=C(C)N1. The highest BCUT2D eigenvalue weighted by atomic mass is 32.2. The van der Waals surface area contributed by atoms with Gasteiger partial charge in [0.05, 0.1) is 35.5 Å². The summed E-state index contributed by atoms with van der Waals surface area (Å²) in [5, 5.41) is 18.6. The summed E-state index contributed by atoms with van der Waals surface area (Å²) in [5.74, 6) is -1.10. The molecule has 1 aliphatic rings. The molecule has 6 nitrogen and oxygen atoms in total. The predicted molar refractivity (Wildman–Crippen MR) is 120 cm³/mol. The highest BCUT2D eigenvalue weighted by Gasteiger charge is 2.35. The van der Waals surface area contributed by atoms with Crippen LogP contribution in [-0.4, -0.2) is 24.7 Å². The first-order valence-corrected chi connectivity index (χ1v) is 11.0. The maximum absolute atomic E-state index is 13.3. The fourth-order valence-electron chi connectivity index (χ4n) is 3.16. The van der Waals surface area contributed by atoms with Crippen molar-refractivity contribution in [3.8, 4) is 6.07 Å². The van der Waals surface area contributed by atoms with E-state index >= 15 is 0 Å². The number of aryl methyl sites for hydroxylation is 1. The number of esters is 1. The first-order valence-electron chi connectivity index (χ1n) is 9.18. The minimum Gasteiger partial charge on any atom is -0.468 e. The molecule has 8 heteroatoms. The Morgan fingerprint density at radius 1 is 1.27 bits per heavy atom. The average molecular weight is 440 g/mol. The number of nitrogens with zero attached hydrogens (tertiary/aromatic N) is 1. The van der Waals surface area contributed by atoms with Crippen LogP contribution in [0.2, 0.25) is 0 Å². The lowest BCUT2D eigenvalue weighted by molar-refractivity contribution is -0.137. The van der Waals surface area contributed by atoms with Crippen molar-refractivity contribution < 1.29 is 14.3 Å². The Hall–Kier alpha value is -3.02. The number of dihydropyridines is 1. The molecule has 2 aromatic rings. The zero-order valence-corrected chi connectivity index (χ0v) is 18.4. The van der Waals surface area contributed by atoms with Crippen molar-refractivity contribution in [3.05, 3.63) is 74.1 Å². The van der Waals surface area contributed by atoms with Crippen molar-refractivity contribution in [1.82, 2.24) is 5.32 Å². The number of thiophene rings is 1. The van der Waals surface area contributed by atoms with Crippen LogP contribution in [0.5, 0.6) is 0 Å². The molecule has 0 saturated heterocycles. The number of thioether (sulfide) groups is 1. The van der Waals surface area contributed by atoms with Crippen molar-refractivity contribution in [1.29, 1.82) is 5.26 Å². The smallest absolute Gasteiger partial charge is 0.316 e. The summed E-state index contributed by atoms with van der Waals surface area (Å²) in [6.45, 7) is 3.73. The molecule has 0 spiro atoms. The molecule has 0 radical (unpaired) electrons. The van der Waals surface area contributed by atoms with E-state index in [0.29, 0.717) is 21.9 Å². The van der Waals surface area contributed by atoms with Gasteiger partial charge in [0.15, 0.2) is 0 Å². The molecule has 3 rings (SSSR count). The zero-order chi connectivity index (χ0) is 21.7. The van der Waals surface area contributed by atoms with Gasteiger partial charge in [0, 0.05) is 21.8 Å². The number of ether oxygens (including phenoxy) is 1. The van der Waals surface area contributed by atoms with Crippen LogP contribution in [-0.2, 0) is 14.3 Å². The Morgan fingerprint density at radius 2 is 2.03 bits per heavy atom. The van der Waals surface area contributed by atoms with Gasteiger partial charge in [-0.15, -0.1) is 11.3 Å². The third-order valence-electron chi connectivity index (χ3n) is 4.68. The lowest BCUT2D eigenvalue weighted by atomic mass is 9.86. The van der Waals surface area contributed by atoms with Crippen LogP contribution in [0.3, 0.4) is 0 Å². The van der Waals surface area contributed by atoms with E-state index in [2.05, 4.69) is 16.7 Å². The number of allylic oxidation sites excluding steroid dienone is 2. The fraction of sp³-hybridized carbons (Fsp3) is 0.227. The number of carbonyl (C=O) groups is 2. The molecule has 1 aromatic heterocycles. The molecular formula is C22H21N3O3S2. The largest absolute Gasteiger partial charge is 0.468 e. The van der Waals surface area contributed by atoms with Crippen molar-refractivity contribution >= 4 is 40.7 Å². The molecule has 1 aliphatic heterocycles. The summed E-state index contributed by atoms with van der Waals surface area (Å²) in [4.78, 5) is 25.8. The molecule has 2 heterocycles. The van der Waals surface area contributed by atoms with E-state index in [9.17, 15) is 14.9 Å². The molecule has 1 amide bonds. The van der Waals surface area contributed by atoms with Gasteiger partial charge in [0.1, 0.15) is 0 Å². The Morgan fingerprint density at radius 3 is 2.67 bits per heavy atom. The van der Waals surface area contributed by atoms with E-state index in [1.165, 1.54) is 30.2 Å². The first kappa shape index (κ1) is 21.7. The Kier molecular flexibility index (Phi) is 6.98. The lowest BCUT2D eigenvalue weighted by Crippen LogP contribution is -2.30. The molecule has 0 fully saturated rings. The number of hydrogen-bond donors (Lipinski definition) is 2. The van der Waals surface area contributed by atoms with E-state index in [-0.39, 0.29) is 17.6 Å². The van der Waals surface area contributed by atoms with Crippen LogP contribution in [0.15, 0.2) is 63.7 Å². The predicted octanol–water partition coefficient (Wildman–Crippen LogP) is 4.30. The molecule has 1 aromatic carbocycles. The number of para-hydroxylation sites is 1. The van der Waals surface area contributed by atoms with Gasteiger partial charge in [-0.05, 0) is 36.9 Å². The van der Waals surface area contributed by atoms with Crippen molar-refractivity contribution in [2.75, 3.05) is 18.2 Å². The molecule has 1 unspecified atom stereocenters. The van der Waals surface area contributed by atoms with Crippen molar-refractivity contribution in [3.63, 3.8) is 0 Å². The minimum atomic E-state index is -0.514. The number of rotatable bonds is 6. The van der Waals surface area contributed by atoms with Crippen molar-refractivity contribution in [2.45, 2.75) is 19.8 Å². The number of methoxy groups -OCH3 is 1. The molecular weight excluding hydrogens is 418 g/mol. The summed E-state index contributed by atoms with van der Waals surface area (Å²) in [7, 11) is 1.32. The second kappa shape index (κ2) is 9.65. The number of benzene rings is 1. The zero-order valence-electron chi connectivity index (χ0n) is 16.8. The highest BCUT2D eigenvalue weighted by Crippen LogP contribution is 2.42. The molecule has 2 N–H and O–H groups in total. The third-order valence-corrected chi connectivity index (χ3v) is 6.60. The van der Waals surface area contributed by atoms with Gasteiger partial charge in [-0.1, -0.05) is 36.0 Å². The number of nitrogens with one attached hydrogen (secondary N) is 2. The lowest BCUT2D eigenvalue weighted by Gasteiger charge is -2.29. The van der Waals surface area contributed by atoms with Crippen LogP contribution >= 0.6 is 23.1 Å². The van der Waals surface area contributed by atoms with Crippen LogP contribution in [0.4, 0.5) is 5.69 Å². The maximum atomic E-state index is 13.3. The number of amides is 1. The van der Waals surface area contributed by atoms with E-state index < -0.39 is 5.92 Å². The van der Waals surface area contributed by atoms with E-state index in [1.807, 2.05) is 48.7 Å². The second-order valence-corrected chi connectivity index (χ2v) is 8.57. The monoisotopic (exact) mass is 439 g/mol. The summed E-state index contributed by atoms with van der Waals surface area (Å²) in [5.41, 5.74) is 3.21. The topological polar surface area (TPSA) is 91.2 Å². The van der Waals surface area contributed by atoms with Gasteiger partial charge >= 0.3 is 5.97 Å². The normalized spacial score (nSPS) is 16.0. The summed E-state index contributed by atoms with van der Waals surface area (Å²) < 4.78 is 4.71. The summed E-state index contributed by atoms with van der Waals surface area (Å²) in [6.07, 6.45) is 0. The quantitative estimate of drug-likeness (QED) is 0.652. The number of anilines is 1. The van der Waals surface area contributed by atoms with Gasteiger partial charge in [-0.2, -0.15) is 5.26 Å². The van der Waals surface area contributed by atoms with Crippen molar-refractivity contribution in [2.24, 2.45) is 0 Å². The number of hydrogen-bond acceptors (Lipinski definition) is 7. The van der Waals surface area contributed by atoms with Crippen LogP contribution < -0.4 is 10.6 Å². The molecule has 30 heavy (non-hydrogen) atoms. The third kappa shape index (κ3) is 4.58. The van der Waals surface area contributed by atoms with Crippen LogP contribution in [0.25, 0.3) is 0 Å². The Labute approximate surface area is 183 Å². The standard InChI is InChI=1S/C22H21N3O3S2/c1-13-7-4-5-8-16(13)25-21(27)19-14(2)24-22(30-12-18(26)28-3)15(11-23)20(19)17-9-6-10-29-17/h4-10,20,24H,12H2,1-3H3,(H,25,27). The van der Waals surface area contributed by atoms with E-state index in [1.54, 1.807) is 6.92 Å². The van der Waals surface area contributed by atoms with Gasteiger partial charge in [-0.3, -0.25) is 9.59 Å². The fourth-order valence-corrected chi connectivity index (χ4v) is 4.93. The average Bonchev–Trinajstić information content (AvgIpc) is 3.27.